The zero-order chi connectivity index (χ0) is 35.2. The van der Waals surface area contributed by atoms with Crippen molar-refractivity contribution in [3.8, 4) is 11.5 Å². The average molecular weight is 665 g/mol. The molecule has 6 unspecified atom stereocenters. The van der Waals surface area contributed by atoms with Crippen LogP contribution in [0.5, 0.6) is 11.5 Å². The van der Waals surface area contributed by atoms with Gasteiger partial charge in [0.1, 0.15) is 36.3 Å². The Morgan fingerprint density at radius 2 is 1.70 bits per heavy atom. The third-order valence-electron chi connectivity index (χ3n) is 12.5. The van der Waals surface area contributed by atoms with Crippen molar-refractivity contribution in [2.24, 2.45) is 22.7 Å². The SMILES string of the molecule is Cc1c(O)c(OC2OC(CO)C(O)C(O)C2O)cc2c1CC[C@H]1[C@]3(C)C[C@@H](O)[C@H]([C@@](C)(O)C(O)/C=C/C(C)(C)O)[C@@]3(C)CC(=O)[C@]21C. The molecule has 12 nitrogen and oxygen atoms in total. The van der Waals surface area contributed by atoms with E-state index in [0.29, 0.717) is 24.0 Å². The highest BCUT2D eigenvalue weighted by Crippen LogP contribution is 2.72. The lowest BCUT2D eigenvalue weighted by molar-refractivity contribution is -0.277. The molecule has 12 heteroatoms. The smallest absolute Gasteiger partial charge is 0.229 e. The zero-order valence-electron chi connectivity index (χ0n) is 28.2. The summed E-state index contributed by atoms with van der Waals surface area (Å²) in [6.07, 6.45) is -6.22. The summed E-state index contributed by atoms with van der Waals surface area (Å²) in [5, 5.41) is 96.6. The molecule has 1 saturated heterocycles. The topological polar surface area (TPSA) is 218 Å². The van der Waals surface area contributed by atoms with Crippen molar-refractivity contribution in [2.75, 3.05) is 6.61 Å². The molecule has 1 aliphatic heterocycles. The van der Waals surface area contributed by atoms with Crippen LogP contribution in [0.2, 0.25) is 0 Å². The van der Waals surface area contributed by atoms with E-state index in [1.807, 2.05) is 20.8 Å². The standard InChI is InChI=1S/C35H52O12/c1-16-17-8-9-22-32(4)13-19(37)29(35(7,45)23(38)10-11-31(2,3)44)33(32,5)14-24(39)34(22,6)18(17)12-20(25(16)40)46-30-28(43)27(42)26(41)21(15-36)47-30/h10-12,19,21-23,26-30,36-38,40-45H,8-9,13-15H2,1-7H3/b11-10+/t19-,21?,22+,23?,26?,27?,28?,29+,30?,32+,33-,34-,35+/m1/s1. The zero-order valence-corrected chi connectivity index (χ0v) is 28.2. The Morgan fingerprint density at radius 1 is 1.06 bits per heavy atom. The number of carbonyl (C=O) groups is 1. The minimum atomic E-state index is -1.84. The lowest BCUT2D eigenvalue weighted by Gasteiger charge is -2.62. The minimum absolute atomic E-state index is 0.0153. The van der Waals surface area contributed by atoms with E-state index in [-0.39, 0.29) is 36.0 Å². The van der Waals surface area contributed by atoms with E-state index >= 15 is 0 Å². The van der Waals surface area contributed by atoms with Crippen molar-refractivity contribution in [1.29, 1.82) is 0 Å². The molecule has 264 valence electrons. The van der Waals surface area contributed by atoms with Crippen LogP contribution in [0.1, 0.15) is 77.5 Å². The van der Waals surface area contributed by atoms with Gasteiger partial charge in [0, 0.05) is 12.3 Å². The summed E-state index contributed by atoms with van der Waals surface area (Å²) in [6, 6.07) is 1.55. The van der Waals surface area contributed by atoms with Gasteiger partial charge in [0.25, 0.3) is 0 Å². The molecular weight excluding hydrogens is 612 g/mol. The van der Waals surface area contributed by atoms with Crippen LogP contribution in [0, 0.1) is 29.6 Å². The molecule has 3 fully saturated rings. The number of carbonyl (C=O) groups excluding carboxylic acids is 1. The van der Waals surface area contributed by atoms with Crippen molar-refractivity contribution in [3.63, 3.8) is 0 Å². The van der Waals surface area contributed by atoms with Crippen LogP contribution in [0.3, 0.4) is 0 Å². The summed E-state index contributed by atoms with van der Waals surface area (Å²) in [6.45, 7) is 11.4. The molecule has 5 rings (SSSR count). The average Bonchev–Trinajstić information content (AvgIpc) is 3.19. The maximum absolute atomic E-state index is 14.6. The van der Waals surface area contributed by atoms with E-state index < -0.39 is 82.9 Å². The highest BCUT2D eigenvalue weighted by molar-refractivity contribution is 5.93. The van der Waals surface area contributed by atoms with E-state index in [1.165, 1.54) is 32.9 Å². The number of aliphatic hydroxyl groups excluding tert-OH is 6. The Kier molecular flexibility index (Phi) is 9.03. The number of aliphatic hydroxyl groups is 8. The molecule has 3 aliphatic carbocycles. The number of phenolic OH excluding ortho intramolecular Hbond substituents is 1. The largest absolute Gasteiger partial charge is 0.504 e. The molecule has 0 bridgehead atoms. The van der Waals surface area contributed by atoms with Gasteiger partial charge >= 0.3 is 0 Å². The second-order valence-electron chi connectivity index (χ2n) is 15.9. The molecular formula is C35H52O12. The number of ether oxygens (including phenoxy) is 2. The number of hydrogen-bond acceptors (Lipinski definition) is 12. The number of phenols is 1. The number of ketones is 1. The number of Topliss-reactive ketones (excluding diaryl/α,β-unsaturated/α-hetero) is 1. The molecule has 0 aromatic heterocycles. The summed E-state index contributed by atoms with van der Waals surface area (Å²) in [5.74, 6) is -1.68. The highest BCUT2D eigenvalue weighted by atomic mass is 16.7. The van der Waals surface area contributed by atoms with Crippen LogP contribution in [0.4, 0.5) is 0 Å². The lowest BCUT2D eigenvalue weighted by atomic mass is 9.41. The predicted octanol–water partition coefficient (Wildman–Crippen LogP) is 0.505. The molecule has 47 heavy (non-hydrogen) atoms. The molecule has 1 heterocycles. The lowest BCUT2D eigenvalue weighted by Crippen LogP contribution is -2.64. The molecule has 2 saturated carbocycles. The fourth-order valence-electron chi connectivity index (χ4n) is 9.72. The van der Waals surface area contributed by atoms with Gasteiger partial charge in [0.05, 0.1) is 29.3 Å². The maximum atomic E-state index is 14.6. The first kappa shape index (κ1) is 36.2. The first-order valence-electron chi connectivity index (χ1n) is 16.4. The maximum Gasteiger partial charge on any atom is 0.229 e. The molecule has 0 spiro atoms. The van der Waals surface area contributed by atoms with Crippen LogP contribution in [0.15, 0.2) is 18.2 Å². The van der Waals surface area contributed by atoms with Gasteiger partial charge in [-0.3, -0.25) is 4.79 Å². The number of benzene rings is 1. The summed E-state index contributed by atoms with van der Waals surface area (Å²) < 4.78 is 11.4. The van der Waals surface area contributed by atoms with Crippen LogP contribution in [-0.4, -0.2) is 112 Å². The van der Waals surface area contributed by atoms with Crippen molar-refractivity contribution >= 4 is 5.78 Å². The van der Waals surface area contributed by atoms with Gasteiger partial charge in [-0.25, -0.2) is 0 Å². The Labute approximate surface area is 275 Å². The third-order valence-corrected chi connectivity index (χ3v) is 12.5. The first-order valence-corrected chi connectivity index (χ1v) is 16.4. The van der Waals surface area contributed by atoms with Gasteiger partial charge in [-0.15, -0.1) is 0 Å². The number of fused-ring (bicyclic) bond motifs is 5. The monoisotopic (exact) mass is 664 g/mol. The summed E-state index contributed by atoms with van der Waals surface area (Å²) in [5.41, 5.74) is -3.93. The van der Waals surface area contributed by atoms with Gasteiger partial charge in [-0.05, 0) is 93.4 Å². The Morgan fingerprint density at radius 3 is 2.30 bits per heavy atom. The van der Waals surface area contributed by atoms with Gasteiger partial charge < -0.3 is 55.4 Å². The van der Waals surface area contributed by atoms with Gasteiger partial charge in [0.15, 0.2) is 11.5 Å². The second-order valence-corrected chi connectivity index (χ2v) is 15.9. The van der Waals surface area contributed by atoms with Gasteiger partial charge in [0.2, 0.25) is 6.29 Å². The molecule has 1 aromatic rings. The quantitative estimate of drug-likeness (QED) is 0.182. The third kappa shape index (κ3) is 5.35. The molecule has 9 N–H and O–H groups in total. The number of rotatable bonds is 7. The molecule has 4 aliphatic rings. The molecule has 13 atom stereocenters. The molecule has 1 aromatic carbocycles. The van der Waals surface area contributed by atoms with Crippen molar-refractivity contribution in [3.05, 3.63) is 34.9 Å². The fraction of sp³-hybridized carbons (Fsp3) is 0.743. The van der Waals surface area contributed by atoms with E-state index in [0.717, 1.165) is 5.56 Å². The number of aromatic hydroxyl groups is 1. The van der Waals surface area contributed by atoms with Gasteiger partial charge in [-0.1, -0.05) is 26.0 Å². The predicted molar refractivity (Wildman–Crippen MR) is 168 cm³/mol. The van der Waals surface area contributed by atoms with Crippen molar-refractivity contribution in [2.45, 2.75) is 134 Å². The van der Waals surface area contributed by atoms with Crippen molar-refractivity contribution in [1.82, 2.24) is 0 Å². The fourth-order valence-corrected chi connectivity index (χ4v) is 9.72. The highest BCUT2D eigenvalue weighted by Gasteiger charge is 2.73. The summed E-state index contributed by atoms with van der Waals surface area (Å²) in [4.78, 5) is 14.6. The first-order chi connectivity index (χ1) is 21.6. The minimum Gasteiger partial charge on any atom is -0.504 e. The number of hydrogen-bond donors (Lipinski definition) is 9. The molecule has 0 amide bonds. The van der Waals surface area contributed by atoms with E-state index in [9.17, 15) is 50.8 Å². The Balaban J connectivity index is 1.55. The summed E-state index contributed by atoms with van der Waals surface area (Å²) in [7, 11) is 0. The molecule has 0 radical (unpaired) electrons. The van der Waals surface area contributed by atoms with Crippen LogP contribution >= 0.6 is 0 Å². The Bertz CT molecular complexity index is 1420. The van der Waals surface area contributed by atoms with E-state index in [1.54, 1.807) is 13.0 Å². The van der Waals surface area contributed by atoms with Crippen LogP contribution in [0.25, 0.3) is 0 Å². The Hall–Kier alpha value is -2.13. The van der Waals surface area contributed by atoms with Crippen LogP contribution < -0.4 is 4.74 Å². The normalized spacial score (nSPS) is 42.4. The van der Waals surface area contributed by atoms with Crippen LogP contribution in [-0.2, 0) is 21.4 Å². The van der Waals surface area contributed by atoms with E-state index in [2.05, 4.69) is 0 Å². The van der Waals surface area contributed by atoms with Gasteiger partial charge in [-0.2, -0.15) is 0 Å². The van der Waals surface area contributed by atoms with E-state index in [4.69, 9.17) is 9.47 Å². The summed E-state index contributed by atoms with van der Waals surface area (Å²) >= 11 is 0. The second kappa shape index (κ2) is 11.7. The van der Waals surface area contributed by atoms with Crippen molar-refractivity contribution < 1.29 is 60.2 Å².